The number of benzene rings is 4. The second-order valence-electron chi connectivity index (χ2n) is 9.00. The third-order valence-electron chi connectivity index (χ3n) is 6.76. The number of aromatic nitrogens is 1. The summed E-state index contributed by atoms with van der Waals surface area (Å²) in [5.74, 6) is -4.86. The Balaban J connectivity index is 1.66. The molecule has 0 aliphatic rings. The van der Waals surface area contributed by atoms with Crippen molar-refractivity contribution in [1.82, 2.24) is 0 Å². The number of furan rings is 1. The summed E-state index contributed by atoms with van der Waals surface area (Å²) < 4.78 is 94.6. The molecule has 0 unspecified atom stereocenters. The lowest BCUT2D eigenvalue weighted by atomic mass is 9.96. The van der Waals surface area contributed by atoms with Crippen LogP contribution in [0.3, 0.4) is 0 Å². The molecule has 0 radical (unpaired) electrons. The quantitative estimate of drug-likeness (QED) is 0.229. The van der Waals surface area contributed by atoms with Gasteiger partial charge in [0.25, 0.3) is 0 Å². The number of hydrogen-bond donors (Lipinski definition) is 0. The molecule has 0 fully saturated rings. The van der Waals surface area contributed by atoms with Crippen LogP contribution in [0.2, 0.25) is 0 Å². The van der Waals surface area contributed by atoms with E-state index in [4.69, 9.17) is 14.0 Å². The molecule has 4 heteroatoms. The van der Waals surface area contributed by atoms with Crippen LogP contribution >= 0.6 is 0 Å². The molecule has 0 aliphatic heterocycles. The highest BCUT2D eigenvalue weighted by Gasteiger charge is 2.25. The summed E-state index contributed by atoms with van der Waals surface area (Å²) in [7, 11) is 1.53. The Morgan fingerprint density at radius 2 is 1.56 bits per heavy atom. The molecule has 4 aromatic carbocycles. The van der Waals surface area contributed by atoms with Gasteiger partial charge in [-0.3, -0.25) is 0 Å². The predicted molar refractivity (Wildman–Crippen MR) is 142 cm³/mol. The second kappa shape index (κ2) is 8.27. The largest absolute Gasteiger partial charge is 0.454 e. The van der Waals surface area contributed by atoms with Crippen LogP contribution in [-0.2, 0) is 7.05 Å². The summed E-state index contributed by atoms with van der Waals surface area (Å²) in [5.41, 5.74) is 2.04. The molecule has 2 aromatic heterocycles. The molecule has 0 amide bonds. The molecule has 0 aliphatic carbocycles. The lowest BCUT2D eigenvalue weighted by Gasteiger charge is -2.10. The number of fused-ring (bicyclic) bond motifs is 4. The maximum Gasteiger partial charge on any atom is 0.216 e. The van der Waals surface area contributed by atoms with Crippen LogP contribution in [0.5, 0.6) is 0 Å². The highest BCUT2D eigenvalue weighted by atomic mass is 19.1. The van der Waals surface area contributed by atoms with Crippen molar-refractivity contribution in [3.8, 4) is 22.4 Å². The Bertz CT molecular complexity index is 2070. The minimum absolute atomic E-state index is 0.233. The van der Waals surface area contributed by atoms with Gasteiger partial charge >= 0.3 is 0 Å². The normalized spacial score (nSPS) is 15.7. The van der Waals surface area contributed by atoms with E-state index < -0.39 is 36.8 Å². The molecule has 6 aromatic rings. The topological polar surface area (TPSA) is 17.0 Å². The smallest absolute Gasteiger partial charge is 0.216 e. The van der Waals surface area contributed by atoms with Crippen molar-refractivity contribution in [2.75, 3.05) is 0 Å². The summed E-state index contributed by atoms with van der Waals surface area (Å²) in [6, 6.07) is 21.1. The van der Waals surface area contributed by atoms with E-state index in [9.17, 15) is 0 Å². The molecule has 2 nitrogen and oxygen atoms in total. The number of nitrogens with zero attached hydrogens (tertiary/aromatic N) is 1. The van der Waals surface area contributed by atoms with E-state index >= 15 is 8.78 Å². The molecule has 178 valence electrons. The second-order valence-corrected chi connectivity index (χ2v) is 9.00. The summed E-state index contributed by atoms with van der Waals surface area (Å²) in [5, 5.41) is 3.19. The van der Waals surface area contributed by atoms with E-state index in [1.165, 1.54) is 17.7 Å². The van der Waals surface area contributed by atoms with Gasteiger partial charge < -0.3 is 4.42 Å². The van der Waals surface area contributed by atoms with Gasteiger partial charge in [0, 0.05) is 32.0 Å². The minimum atomic E-state index is -3.37. The van der Waals surface area contributed by atoms with Crippen molar-refractivity contribution in [2.45, 2.75) is 26.5 Å². The average Bonchev–Trinajstić information content (AvgIpc) is 3.30. The first-order chi connectivity index (χ1) is 20.1. The molecule has 2 heterocycles. The van der Waals surface area contributed by atoms with Crippen molar-refractivity contribution in [3.63, 3.8) is 0 Å². The average molecular weight is 486 g/mol. The van der Waals surface area contributed by atoms with Crippen molar-refractivity contribution in [1.29, 1.82) is 0 Å². The predicted octanol–water partition coefficient (Wildman–Crippen LogP) is 8.61. The Labute approximate surface area is 218 Å². The molecule has 36 heavy (non-hydrogen) atoms. The molecule has 0 spiro atoms. The van der Waals surface area contributed by atoms with Crippen molar-refractivity contribution < 1.29 is 27.4 Å². The summed E-state index contributed by atoms with van der Waals surface area (Å²) in [6.45, 7) is -4.97. The van der Waals surface area contributed by atoms with Crippen LogP contribution in [0.25, 0.3) is 55.1 Å². The van der Waals surface area contributed by atoms with Crippen LogP contribution in [0, 0.1) is 18.6 Å². The van der Waals surface area contributed by atoms with E-state index in [2.05, 4.69) is 0 Å². The van der Waals surface area contributed by atoms with Gasteiger partial charge in [0.1, 0.15) is 24.0 Å². The third-order valence-corrected chi connectivity index (χ3v) is 6.76. The van der Waals surface area contributed by atoms with E-state index in [0.29, 0.717) is 38.6 Å². The van der Waals surface area contributed by atoms with Crippen LogP contribution in [0.15, 0.2) is 83.4 Å². The van der Waals surface area contributed by atoms with Gasteiger partial charge in [0.2, 0.25) is 11.9 Å². The van der Waals surface area contributed by atoms with Crippen LogP contribution < -0.4 is 4.57 Å². The highest BCUT2D eigenvalue weighted by molar-refractivity contribution is 6.13. The standard InChI is InChI=1S/C32H26F2NO/c1-18(2)25-16-28(35(4)17-27(25)34)29-19(3)9-12-23-24-13-14-26(33)30(32(24)36-31(23)29)22-11-10-20-7-5-6-8-21(20)15-22/h5-18H,1-4H3/q+1/i1D3,2D3,18D. The minimum Gasteiger partial charge on any atom is -0.454 e. The van der Waals surface area contributed by atoms with Gasteiger partial charge in [-0.05, 0) is 52.9 Å². The first kappa shape index (κ1) is 15.8. The van der Waals surface area contributed by atoms with Crippen molar-refractivity contribution in [2.24, 2.45) is 7.05 Å². The zero-order chi connectivity index (χ0) is 31.1. The summed E-state index contributed by atoms with van der Waals surface area (Å²) >= 11 is 0. The van der Waals surface area contributed by atoms with Gasteiger partial charge in [0.05, 0.1) is 11.1 Å². The van der Waals surface area contributed by atoms with Crippen LogP contribution in [-0.4, -0.2) is 0 Å². The maximum absolute atomic E-state index is 15.5. The first-order valence-corrected chi connectivity index (χ1v) is 11.5. The first-order valence-electron chi connectivity index (χ1n) is 15.0. The maximum atomic E-state index is 15.5. The molecule has 0 atom stereocenters. The fourth-order valence-electron chi connectivity index (χ4n) is 4.97. The fourth-order valence-corrected chi connectivity index (χ4v) is 4.97. The molecular formula is C32H26F2NO+. The van der Waals surface area contributed by atoms with Gasteiger partial charge in [-0.2, -0.15) is 4.57 Å². The van der Waals surface area contributed by atoms with E-state index in [1.807, 2.05) is 48.5 Å². The summed E-state index contributed by atoms with van der Waals surface area (Å²) in [6.07, 6.45) is 0.965. The molecule has 0 bridgehead atoms. The van der Waals surface area contributed by atoms with Gasteiger partial charge in [-0.1, -0.05) is 62.2 Å². The Morgan fingerprint density at radius 1 is 0.833 bits per heavy atom. The highest BCUT2D eigenvalue weighted by Crippen LogP contribution is 2.42. The molecule has 0 saturated heterocycles. The fraction of sp³-hybridized carbons (Fsp3) is 0.156. The number of rotatable bonds is 3. The van der Waals surface area contributed by atoms with Crippen LogP contribution in [0.1, 0.15) is 40.3 Å². The zero-order valence-electron chi connectivity index (χ0n) is 26.6. The van der Waals surface area contributed by atoms with Crippen molar-refractivity contribution in [3.05, 3.63) is 102 Å². The van der Waals surface area contributed by atoms with E-state index in [-0.39, 0.29) is 11.3 Å². The van der Waals surface area contributed by atoms with E-state index in [1.54, 1.807) is 19.1 Å². The van der Waals surface area contributed by atoms with Gasteiger partial charge in [-0.15, -0.1) is 0 Å². The lowest BCUT2D eigenvalue weighted by molar-refractivity contribution is -0.662. The molecule has 0 saturated carbocycles. The SMILES string of the molecule is [2H]C([2H])([2H])C([2H])(c1cc(-c2c(C)ccc3c2oc2c(-c4ccc5ccccc5c4)c(F)ccc23)[n+](C)cc1F)C([2H])([2H])[2H]. The summed E-state index contributed by atoms with van der Waals surface area (Å²) in [4.78, 5) is 0. The van der Waals surface area contributed by atoms with Crippen molar-refractivity contribution >= 4 is 32.7 Å². The number of aryl methyl sites for hydroxylation is 2. The third kappa shape index (κ3) is 3.40. The monoisotopic (exact) mass is 485 g/mol. The Hall–Kier alpha value is -4.05. The van der Waals surface area contributed by atoms with E-state index in [0.717, 1.165) is 23.0 Å². The zero-order valence-corrected chi connectivity index (χ0v) is 19.6. The Kier molecular flexibility index (Phi) is 3.64. The molecule has 6 rings (SSSR count). The van der Waals surface area contributed by atoms with Gasteiger partial charge in [-0.25, -0.2) is 8.78 Å². The lowest BCUT2D eigenvalue weighted by Crippen LogP contribution is -2.32. The number of hydrogen-bond acceptors (Lipinski definition) is 1. The number of halogens is 2. The van der Waals surface area contributed by atoms with Crippen LogP contribution in [0.4, 0.5) is 8.78 Å². The Morgan fingerprint density at radius 3 is 2.33 bits per heavy atom. The van der Waals surface area contributed by atoms with Gasteiger partial charge in [0.15, 0.2) is 5.82 Å². The molecular weight excluding hydrogens is 452 g/mol. The number of pyridine rings is 1. The molecule has 0 N–H and O–H groups in total.